The van der Waals surface area contributed by atoms with Crippen molar-refractivity contribution in [3.05, 3.63) is 78.6 Å². The zero-order chi connectivity index (χ0) is 19.1. The Kier molecular flexibility index (Phi) is 10.3. The minimum Gasteiger partial charge on any atom is -0.312 e. The van der Waals surface area contributed by atoms with E-state index in [1.807, 2.05) is 49.4 Å². The molecule has 1 heterocycles. The van der Waals surface area contributed by atoms with Gasteiger partial charge in [-0.2, -0.15) is 0 Å². The number of aromatic nitrogens is 1. The molecule has 156 valence electrons. The predicted molar refractivity (Wildman–Crippen MR) is 124 cm³/mol. The molecule has 0 radical (unpaired) electrons. The van der Waals surface area contributed by atoms with Gasteiger partial charge >= 0.3 is 0 Å². The second kappa shape index (κ2) is 11.9. The summed E-state index contributed by atoms with van der Waals surface area (Å²) in [5.41, 5.74) is 1.14. The van der Waals surface area contributed by atoms with E-state index in [-0.39, 0.29) is 35.8 Å². The van der Waals surface area contributed by atoms with Crippen LogP contribution in [0.15, 0.2) is 78.0 Å². The van der Waals surface area contributed by atoms with Gasteiger partial charge in [0, 0.05) is 36.9 Å². The highest BCUT2D eigenvalue weighted by Gasteiger charge is 2.17. The molecule has 3 rings (SSSR count). The highest BCUT2D eigenvalue weighted by atomic mass is 35.5. The molecule has 1 atom stereocenters. The van der Waals surface area contributed by atoms with Crippen molar-refractivity contribution < 1.29 is 8.42 Å². The first kappa shape index (κ1) is 25.1. The van der Waals surface area contributed by atoms with E-state index in [1.165, 1.54) is 0 Å². The number of halogens is 2. The number of nitrogens with one attached hydrogen (secondary N) is 2. The van der Waals surface area contributed by atoms with Crippen LogP contribution in [0.4, 0.5) is 0 Å². The molecular weight excluding hydrogens is 429 g/mol. The number of hydrogen-bond acceptors (Lipinski definition) is 4. The van der Waals surface area contributed by atoms with Crippen LogP contribution in [-0.4, -0.2) is 32.5 Å². The Bertz CT molecular complexity index is 1030. The molecule has 0 aliphatic heterocycles. The molecule has 2 N–H and O–H groups in total. The maximum Gasteiger partial charge on any atom is 0.240 e. The number of rotatable bonds is 8. The first-order valence-electron chi connectivity index (χ1n) is 8.83. The molecule has 29 heavy (non-hydrogen) atoms. The summed E-state index contributed by atoms with van der Waals surface area (Å²) < 4.78 is 27.9. The van der Waals surface area contributed by atoms with Crippen molar-refractivity contribution in [2.75, 3.05) is 13.1 Å². The monoisotopic (exact) mass is 453 g/mol. The van der Waals surface area contributed by atoms with Gasteiger partial charge in [-0.25, -0.2) is 13.1 Å². The third-order valence-corrected chi connectivity index (χ3v) is 5.69. The van der Waals surface area contributed by atoms with Gasteiger partial charge in [0.2, 0.25) is 10.0 Å². The lowest BCUT2D eigenvalue weighted by Crippen LogP contribution is -2.39. The highest BCUT2D eigenvalue weighted by Crippen LogP contribution is 2.18. The van der Waals surface area contributed by atoms with Crippen LogP contribution in [0.2, 0.25) is 0 Å². The zero-order valence-corrected chi connectivity index (χ0v) is 18.4. The van der Waals surface area contributed by atoms with Crippen LogP contribution < -0.4 is 10.0 Å². The summed E-state index contributed by atoms with van der Waals surface area (Å²) in [5.74, 6) is 0. The molecule has 0 amide bonds. The molecule has 0 spiro atoms. The molecule has 0 bridgehead atoms. The molecule has 3 aromatic rings. The van der Waals surface area contributed by atoms with Gasteiger partial charge in [-0.1, -0.05) is 48.6 Å². The van der Waals surface area contributed by atoms with Crippen LogP contribution in [0.25, 0.3) is 16.8 Å². The molecule has 0 unspecified atom stereocenters. The lowest BCUT2D eigenvalue weighted by Gasteiger charge is -2.15. The first-order chi connectivity index (χ1) is 13.0. The van der Waals surface area contributed by atoms with E-state index in [9.17, 15) is 8.42 Å². The van der Waals surface area contributed by atoms with Crippen LogP contribution in [0.5, 0.6) is 0 Å². The molecule has 5 nitrogen and oxygen atoms in total. The lowest BCUT2D eigenvalue weighted by atomic mass is 10.2. The van der Waals surface area contributed by atoms with Gasteiger partial charge in [0.15, 0.2) is 0 Å². The maximum atomic E-state index is 12.6. The third kappa shape index (κ3) is 7.42. The normalized spacial score (nSPS) is 12.3. The molecule has 0 fully saturated rings. The fourth-order valence-corrected chi connectivity index (χ4v) is 4.02. The first-order valence-corrected chi connectivity index (χ1v) is 10.3. The van der Waals surface area contributed by atoms with E-state index in [0.717, 1.165) is 16.3 Å². The summed E-state index contributed by atoms with van der Waals surface area (Å²) in [5, 5.41) is 5.00. The summed E-state index contributed by atoms with van der Waals surface area (Å²) in [6.07, 6.45) is 7.43. The molecule has 0 aliphatic rings. The number of hydrogen-bond donors (Lipinski definition) is 2. The van der Waals surface area contributed by atoms with Gasteiger partial charge in [-0.15, -0.1) is 24.8 Å². The van der Waals surface area contributed by atoms with Crippen molar-refractivity contribution in [2.24, 2.45) is 0 Å². The molecule has 0 saturated carbocycles. The van der Waals surface area contributed by atoms with Crippen molar-refractivity contribution in [1.82, 2.24) is 15.0 Å². The Morgan fingerprint density at radius 2 is 1.79 bits per heavy atom. The second-order valence-electron chi connectivity index (χ2n) is 6.38. The van der Waals surface area contributed by atoms with E-state index in [0.29, 0.717) is 13.1 Å². The molecule has 8 heteroatoms. The van der Waals surface area contributed by atoms with Gasteiger partial charge in [0.25, 0.3) is 0 Å². The van der Waals surface area contributed by atoms with Crippen LogP contribution in [0.1, 0.15) is 12.5 Å². The van der Waals surface area contributed by atoms with E-state index in [1.54, 1.807) is 36.7 Å². The van der Waals surface area contributed by atoms with Crippen molar-refractivity contribution in [1.29, 1.82) is 0 Å². The fraction of sp³-hybridized carbons (Fsp3) is 0.190. The minimum absolute atomic E-state index is 0. The molecule has 1 aromatic heterocycles. The summed E-state index contributed by atoms with van der Waals surface area (Å²) in [7, 11) is -3.57. The molecule has 0 aliphatic carbocycles. The molecule has 2 aromatic carbocycles. The Hall–Kier alpha value is -1.96. The number of nitrogens with zero attached hydrogens (tertiary/aromatic N) is 1. The van der Waals surface area contributed by atoms with E-state index >= 15 is 0 Å². The summed E-state index contributed by atoms with van der Waals surface area (Å²) in [4.78, 5) is 4.30. The standard InChI is InChI=1S/C21H23N3O2S.2ClH/c1-17(15-22-12-5-8-18-6-3-2-4-7-18)24-27(25,26)21-10-9-20-16-23-13-11-19(20)14-21;;/h2-11,13-14,16-17,22,24H,12,15H2,1H3;2*1H/t17-;;/m1../s1. The Morgan fingerprint density at radius 1 is 1.03 bits per heavy atom. The fourth-order valence-electron chi connectivity index (χ4n) is 2.75. The Morgan fingerprint density at radius 3 is 2.55 bits per heavy atom. The Balaban J connectivity index is 0.00000210. The quantitative estimate of drug-likeness (QED) is 0.504. The van der Waals surface area contributed by atoms with Crippen molar-refractivity contribution in [3.63, 3.8) is 0 Å². The number of benzene rings is 2. The average molecular weight is 454 g/mol. The van der Waals surface area contributed by atoms with Crippen molar-refractivity contribution in [3.8, 4) is 0 Å². The molecular formula is C21H25Cl2N3O2S. The minimum atomic E-state index is -3.57. The summed E-state index contributed by atoms with van der Waals surface area (Å²) in [6.45, 7) is 3.05. The van der Waals surface area contributed by atoms with Gasteiger partial charge in [-0.3, -0.25) is 4.98 Å². The van der Waals surface area contributed by atoms with E-state index < -0.39 is 10.0 Å². The lowest BCUT2D eigenvalue weighted by molar-refractivity contribution is 0.545. The smallest absolute Gasteiger partial charge is 0.240 e. The predicted octanol–water partition coefficient (Wildman–Crippen LogP) is 4.05. The number of sulfonamides is 1. The van der Waals surface area contributed by atoms with Crippen LogP contribution in [0.3, 0.4) is 0 Å². The van der Waals surface area contributed by atoms with E-state index in [2.05, 4.69) is 15.0 Å². The van der Waals surface area contributed by atoms with Gasteiger partial charge < -0.3 is 5.32 Å². The Labute approximate surface area is 184 Å². The highest BCUT2D eigenvalue weighted by molar-refractivity contribution is 7.89. The van der Waals surface area contributed by atoms with Crippen LogP contribution in [0, 0.1) is 0 Å². The second-order valence-corrected chi connectivity index (χ2v) is 8.09. The van der Waals surface area contributed by atoms with Crippen LogP contribution in [-0.2, 0) is 10.0 Å². The van der Waals surface area contributed by atoms with Crippen molar-refractivity contribution in [2.45, 2.75) is 17.9 Å². The topological polar surface area (TPSA) is 71.1 Å². The largest absolute Gasteiger partial charge is 0.312 e. The number of fused-ring (bicyclic) bond motifs is 1. The van der Waals surface area contributed by atoms with Gasteiger partial charge in [0.1, 0.15) is 0 Å². The SMILES string of the molecule is C[C@H](CNCC=Cc1ccccc1)NS(=O)(=O)c1ccc2cnccc2c1.Cl.Cl. The average Bonchev–Trinajstić information content (AvgIpc) is 2.68. The van der Waals surface area contributed by atoms with Crippen molar-refractivity contribution >= 4 is 51.7 Å². The maximum absolute atomic E-state index is 12.6. The summed E-state index contributed by atoms with van der Waals surface area (Å²) in [6, 6.07) is 16.7. The third-order valence-electron chi connectivity index (χ3n) is 4.10. The van der Waals surface area contributed by atoms with Crippen LogP contribution >= 0.6 is 24.8 Å². The number of pyridine rings is 1. The van der Waals surface area contributed by atoms with Gasteiger partial charge in [-0.05, 0) is 36.1 Å². The molecule has 0 saturated heterocycles. The zero-order valence-electron chi connectivity index (χ0n) is 16.0. The van der Waals surface area contributed by atoms with Gasteiger partial charge in [0.05, 0.1) is 4.90 Å². The summed E-state index contributed by atoms with van der Waals surface area (Å²) >= 11 is 0. The van der Waals surface area contributed by atoms with E-state index in [4.69, 9.17) is 0 Å².